The molecule has 12 rings (SSSR count). The molecule has 232 valence electrons. The van der Waals surface area contributed by atoms with Crippen molar-refractivity contribution in [2.45, 2.75) is 168 Å². The van der Waals surface area contributed by atoms with Crippen LogP contribution in [0.4, 0.5) is 0 Å². The van der Waals surface area contributed by atoms with Crippen molar-refractivity contribution in [3.05, 3.63) is 0 Å². The molecule has 12 fully saturated rings. The van der Waals surface area contributed by atoms with E-state index in [0.717, 1.165) is 69.6 Å². The van der Waals surface area contributed by atoms with Gasteiger partial charge in [0.2, 0.25) is 11.8 Å². The van der Waals surface area contributed by atoms with Gasteiger partial charge in [0, 0.05) is 11.1 Å². The molecule has 42 heavy (non-hydrogen) atoms. The number of amides is 2. The van der Waals surface area contributed by atoms with E-state index in [-0.39, 0.29) is 32.7 Å². The predicted octanol–water partition coefficient (Wildman–Crippen LogP) is 8.08. The highest BCUT2D eigenvalue weighted by molar-refractivity contribution is 5.89. The summed E-state index contributed by atoms with van der Waals surface area (Å²) in [6.45, 7) is 14.9. The topological polar surface area (TPSA) is 58.2 Å². The Labute approximate surface area is 255 Å². The molecular weight excluding hydrogens is 516 g/mol. The first-order valence-corrected chi connectivity index (χ1v) is 18.0. The Balaban J connectivity index is 1.03. The van der Waals surface area contributed by atoms with Crippen LogP contribution in [0.15, 0.2) is 0 Å². The molecule has 2 N–H and O–H groups in total. The van der Waals surface area contributed by atoms with Crippen LogP contribution < -0.4 is 10.6 Å². The number of carbonyl (C=O) groups excluding carboxylic acids is 2. The van der Waals surface area contributed by atoms with Crippen LogP contribution in [0, 0.1) is 55.2 Å². The molecule has 4 atom stereocenters. The van der Waals surface area contributed by atoms with Crippen molar-refractivity contribution < 1.29 is 9.59 Å². The van der Waals surface area contributed by atoms with Gasteiger partial charge in [0.25, 0.3) is 0 Å². The molecule has 0 saturated heterocycles. The van der Waals surface area contributed by atoms with Crippen molar-refractivity contribution in [3.63, 3.8) is 0 Å². The maximum Gasteiger partial charge on any atom is 0.226 e. The van der Waals surface area contributed by atoms with E-state index in [1.807, 2.05) is 0 Å². The Morgan fingerprint density at radius 2 is 0.714 bits per heavy atom. The van der Waals surface area contributed by atoms with Gasteiger partial charge in [-0.2, -0.15) is 0 Å². The zero-order valence-corrected chi connectivity index (χ0v) is 27.7. The lowest BCUT2D eigenvalue weighted by atomic mass is 9.35. The lowest BCUT2D eigenvalue weighted by Crippen LogP contribution is -2.72. The van der Waals surface area contributed by atoms with Crippen molar-refractivity contribution >= 4 is 11.8 Å². The third kappa shape index (κ3) is 3.71. The van der Waals surface area contributed by atoms with Gasteiger partial charge >= 0.3 is 0 Å². The summed E-state index contributed by atoms with van der Waals surface area (Å²) in [5, 5.41) is 7.78. The van der Waals surface area contributed by atoms with E-state index in [0.29, 0.717) is 33.5 Å². The zero-order valence-electron chi connectivity index (χ0n) is 27.7. The van der Waals surface area contributed by atoms with Crippen molar-refractivity contribution in [2.24, 2.45) is 55.2 Å². The van der Waals surface area contributed by atoms with Gasteiger partial charge < -0.3 is 10.6 Å². The molecule has 0 aliphatic heterocycles. The van der Waals surface area contributed by atoms with Gasteiger partial charge in [-0.05, 0) is 160 Å². The highest BCUT2D eigenvalue weighted by Gasteiger charge is 2.71. The van der Waals surface area contributed by atoms with E-state index >= 15 is 0 Å². The second-order valence-electron chi connectivity index (χ2n) is 22.0. The average Bonchev–Trinajstić information content (AvgIpc) is 2.70. The van der Waals surface area contributed by atoms with Crippen LogP contribution in [0.2, 0.25) is 0 Å². The van der Waals surface area contributed by atoms with Crippen molar-refractivity contribution in [2.75, 3.05) is 0 Å². The Bertz CT molecular complexity index is 1150. The summed E-state index contributed by atoms with van der Waals surface area (Å²) in [7, 11) is 0. The Kier molecular flexibility index (Phi) is 4.75. The van der Waals surface area contributed by atoms with Crippen LogP contribution in [0.25, 0.3) is 0 Å². The third-order valence-corrected chi connectivity index (χ3v) is 15.6. The minimum atomic E-state index is -0.389. The molecule has 12 saturated carbocycles. The van der Waals surface area contributed by atoms with E-state index in [4.69, 9.17) is 0 Å². The molecule has 0 aromatic heterocycles. The van der Waals surface area contributed by atoms with Crippen molar-refractivity contribution in [1.29, 1.82) is 0 Å². The summed E-state index contributed by atoms with van der Waals surface area (Å²) < 4.78 is 0. The molecule has 4 heteroatoms. The molecule has 12 bridgehead atoms. The molecule has 0 heterocycles. The normalized spacial score (nSPS) is 62.9. The maximum atomic E-state index is 14.9. The number of hydrogen-bond donors (Lipinski definition) is 2. The minimum absolute atomic E-state index is 0.0232. The first-order valence-electron chi connectivity index (χ1n) is 18.0. The molecular formula is C38H58N2O2. The van der Waals surface area contributed by atoms with Gasteiger partial charge in [0.15, 0.2) is 0 Å². The molecule has 4 unspecified atom stereocenters. The average molecular weight is 575 g/mol. The maximum absolute atomic E-state index is 14.9. The zero-order chi connectivity index (χ0) is 29.5. The predicted molar refractivity (Wildman–Crippen MR) is 165 cm³/mol. The van der Waals surface area contributed by atoms with Crippen molar-refractivity contribution in [3.8, 4) is 0 Å². The molecule has 2 amide bonds. The monoisotopic (exact) mass is 574 g/mol. The summed E-state index contributed by atoms with van der Waals surface area (Å²) in [4.78, 5) is 29.8. The first-order chi connectivity index (χ1) is 19.3. The lowest BCUT2D eigenvalue weighted by Gasteiger charge is -2.70. The summed E-state index contributed by atoms with van der Waals surface area (Å²) in [6.07, 6.45) is 21.0. The number of hydrogen-bond acceptors (Lipinski definition) is 2. The van der Waals surface area contributed by atoms with Gasteiger partial charge in [0.05, 0.1) is 10.8 Å². The fraction of sp³-hybridized carbons (Fsp3) is 0.947. The summed E-state index contributed by atoms with van der Waals surface area (Å²) in [5.41, 5.74) is 0.865. The van der Waals surface area contributed by atoms with E-state index in [1.54, 1.807) is 0 Å². The van der Waals surface area contributed by atoms with Crippen LogP contribution in [0.5, 0.6) is 0 Å². The second kappa shape index (κ2) is 7.32. The van der Waals surface area contributed by atoms with Gasteiger partial charge in [-0.15, -0.1) is 0 Å². The van der Waals surface area contributed by atoms with Crippen LogP contribution in [0.1, 0.15) is 157 Å². The molecule has 4 nitrogen and oxygen atoms in total. The van der Waals surface area contributed by atoms with Crippen LogP contribution >= 0.6 is 0 Å². The summed E-state index contributed by atoms with van der Waals surface area (Å²) >= 11 is 0. The van der Waals surface area contributed by atoms with E-state index in [2.05, 4.69) is 52.2 Å². The number of carbonyl (C=O) groups is 2. The van der Waals surface area contributed by atoms with Gasteiger partial charge in [0.1, 0.15) is 0 Å². The molecule has 12 aliphatic carbocycles. The van der Waals surface area contributed by atoms with Gasteiger partial charge in [-0.25, -0.2) is 0 Å². The highest BCUT2D eigenvalue weighted by atomic mass is 16.2. The number of nitrogens with one attached hydrogen (secondary N) is 2. The molecule has 0 spiro atoms. The van der Waals surface area contributed by atoms with Gasteiger partial charge in [-0.3, -0.25) is 9.59 Å². The van der Waals surface area contributed by atoms with E-state index in [1.165, 1.54) is 57.8 Å². The van der Waals surface area contributed by atoms with Crippen LogP contribution in [-0.4, -0.2) is 22.9 Å². The second-order valence-corrected chi connectivity index (χ2v) is 22.0. The Morgan fingerprint density at radius 3 is 1.02 bits per heavy atom. The fourth-order valence-electron chi connectivity index (χ4n) is 18.1. The minimum Gasteiger partial charge on any atom is -0.350 e. The van der Waals surface area contributed by atoms with Crippen LogP contribution in [-0.2, 0) is 9.59 Å². The SMILES string of the molecule is CC12CC3CC(C)(C1)CC(NC(=O)C14CC5(C)CC(C)(C1)CC(C(=O)NC16CC7CC(C)(CC(C)(C7)C1)C6)(C5)C4)(C3)C2. The molecule has 0 radical (unpaired) electrons. The molecule has 12 aliphatic rings. The molecule has 0 aromatic rings. The Morgan fingerprint density at radius 1 is 0.405 bits per heavy atom. The summed E-state index contributed by atoms with van der Waals surface area (Å²) in [5.74, 6) is 2.20. The van der Waals surface area contributed by atoms with Crippen molar-refractivity contribution in [1.82, 2.24) is 10.6 Å². The third-order valence-electron chi connectivity index (χ3n) is 15.6. The van der Waals surface area contributed by atoms with E-state index < -0.39 is 0 Å². The highest BCUT2D eigenvalue weighted by Crippen LogP contribution is 2.75. The standard InChI is InChI=1S/C38H58N2O2/c1-29-7-25-8-30(2,13-29)21-37(11-25,20-29)39-27(41)35-16-33(5)15-34(6,17-35)19-36(18-33,24-35)28(42)40-38-12-26-9-31(3,22-38)14-32(4,10-26)23-38/h25-26H,7-24H2,1-6H3,(H,39,41)(H,40,42). The summed E-state index contributed by atoms with van der Waals surface area (Å²) in [6, 6.07) is 0. The lowest BCUT2D eigenvalue weighted by molar-refractivity contribution is -0.205. The smallest absolute Gasteiger partial charge is 0.226 e. The molecule has 0 aromatic carbocycles. The first kappa shape index (κ1) is 27.3. The fourth-order valence-corrected chi connectivity index (χ4v) is 18.1. The van der Waals surface area contributed by atoms with Crippen LogP contribution in [0.3, 0.4) is 0 Å². The Hall–Kier alpha value is -1.06. The number of rotatable bonds is 4. The van der Waals surface area contributed by atoms with Gasteiger partial charge in [-0.1, -0.05) is 41.5 Å². The quantitative estimate of drug-likeness (QED) is 0.357. The largest absolute Gasteiger partial charge is 0.350 e. The van der Waals surface area contributed by atoms with E-state index in [9.17, 15) is 9.59 Å².